The molecule has 0 spiro atoms. The van der Waals surface area contributed by atoms with E-state index in [4.69, 9.17) is 0 Å². The molecule has 0 aromatic heterocycles. The molecule has 0 unspecified atom stereocenters. The zero-order valence-electron chi connectivity index (χ0n) is 13.6. The number of urea groups is 1. The number of imide groups is 2. The van der Waals surface area contributed by atoms with Gasteiger partial charge in [0.2, 0.25) is 0 Å². The van der Waals surface area contributed by atoms with Crippen molar-refractivity contribution < 1.29 is 14.4 Å². The standard InChI is InChI=1S/C17H19N3O3/c1-9(2)20-11-8-6-5-7-10(11)17(3,4)13(20)12-14(21)18-16(23)19-15(12)22/h5-9H,1-4H3,(H2,18,19,21,22,23). The molecule has 120 valence electrons. The van der Waals surface area contributed by atoms with E-state index in [1.54, 1.807) is 0 Å². The average Bonchev–Trinajstić information content (AvgIpc) is 2.67. The highest BCUT2D eigenvalue weighted by Crippen LogP contribution is 2.49. The number of para-hydroxylation sites is 1. The number of hydrogen-bond donors (Lipinski definition) is 2. The van der Waals surface area contributed by atoms with E-state index in [-0.39, 0.29) is 11.6 Å². The van der Waals surface area contributed by atoms with E-state index in [1.165, 1.54) is 0 Å². The van der Waals surface area contributed by atoms with Gasteiger partial charge in [0.1, 0.15) is 5.57 Å². The molecule has 0 aliphatic carbocycles. The van der Waals surface area contributed by atoms with Gasteiger partial charge in [0.25, 0.3) is 11.8 Å². The number of barbiturate groups is 1. The number of benzene rings is 1. The highest BCUT2D eigenvalue weighted by atomic mass is 16.2. The number of nitrogens with one attached hydrogen (secondary N) is 2. The Kier molecular flexibility index (Phi) is 3.28. The summed E-state index contributed by atoms with van der Waals surface area (Å²) in [5.41, 5.74) is 2.13. The van der Waals surface area contributed by atoms with Gasteiger partial charge in [-0.2, -0.15) is 0 Å². The second kappa shape index (κ2) is 4.94. The van der Waals surface area contributed by atoms with Crippen LogP contribution >= 0.6 is 0 Å². The minimum atomic E-state index is -0.784. The normalized spacial score (nSPS) is 19.9. The largest absolute Gasteiger partial charge is 0.340 e. The topological polar surface area (TPSA) is 78.5 Å². The second-order valence-electron chi connectivity index (χ2n) is 6.57. The van der Waals surface area contributed by atoms with E-state index in [9.17, 15) is 14.4 Å². The fraction of sp³-hybridized carbons (Fsp3) is 0.353. The Morgan fingerprint density at radius 2 is 1.57 bits per heavy atom. The van der Waals surface area contributed by atoms with E-state index < -0.39 is 23.3 Å². The van der Waals surface area contributed by atoms with Gasteiger partial charge in [0, 0.05) is 22.8 Å². The molecule has 2 heterocycles. The van der Waals surface area contributed by atoms with Crippen molar-refractivity contribution in [3.05, 3.63) is 41.1 Å². The summed E-state index contributed by atoms with van der Waals surface area (Å²) in [6, 6.07) is 7.13. The van der Waals surface area contributed by atoms with Crippen molar-refractivity contribution >= 4 is 23.5 Å². The van der Waals surface area contributed by atoms with Crippen LogP contribution < -0.4 is 15.5 Å². The summed E-state index contributed by atoms with van der Waals surface area (Å²) in [5.74, 6) is -1.31. The van der Waals surface area contributed by atoms with Crippen LogP contribution in [0.15, 0.2) is 35.5 Å². The van der Waals surface area contributed by atoms with Crippen molar-refractivity contribution in [3.8, 4) is 0 Å². The molecule has 1 aromatic carbocycles. The van der Waals surface area contributed by atoms with Crippen molar-refractivity contribution in [1.82, 2.24) is 10.6 Å². The second-order valence-corrected chi connectivity index (χ2v) is 6.57. The molecule has 6 nitrogen and oxygen atoms in total. The van der Waals surface area contributed by atoms with Gasteiger partial charge in [-0.15, -0.1) is 0 Å². The number of nitrogens with zero attached hydrogens (tertiary/aromatic N) is 1. The first kappa shape index (κ1) is 15.3. The summed E-state index contributed by atoms with van der Waals surface area (Å²) in [6.45, 7) is 7.96. The maximum atomic E-state index is 12.3. The molecule has 23 heavy (non-hydrogen) atoms. The van der Waals surface area contributed by atoms with Crippen LogP contribution in [0, 0.1) is 0 Å². The lowest BCUT2D eigenvalue weighted by molar-refractivity contribution is -0.124. The lowest BCUT2D eigenvalue weighted by Gasteiger charge is -2.33. The summed E-state index contributed by atoms with van der Waals surface area (Å²) < 4.78 is 0. The molecule has 6 heteroatoms. The number of fused-ring (bicyclic) bond motifs is 1. The highest BCUT2D eigenvalue weighted by molar-refractivity contribution is 6.29. The Morgan fingerprint density at radius 3 is 2.13 bits per heavy atom. The van der Waals surface area contributed by atoms with Gasteiger partial charge in [-0.1, -0.05) is 32.0 Å². The molecule has 1 saturated heterocycles. The molecule has 0 saturated carbocycles. The Morgan fingerprint density at radius 1 is 1.00 bits per heavy atom. The monoisotopic (exact) mass is 313 g/mol. The van der Waals surface area contributed by atoms with E-state index in [0.717, 1.165) is 11.3 Å². The van der Waals surface area contributed by atoms with Gasteiger partial charge in [0.15, 0.2) is 0 Å². The average molecular weight is 313 g/mol. The Bertz CT molecular complexity index is 740. The van der Waals surface area contributed by atoms with Crippen LogP contribution in [0.2, 0.25) is 0 Å². The Hall–Kier alpha value is -2.63. The van der Waals surface area contributed by atoms with Gasteiger partial charge in [0.05, 0.1) is 0 Å². The fourth-order valence-corrected chi connectivity index (χ4v) is 3.41. The van der Waals surface area contributed by atoms with Gasteiger partial charge in [-0.25, -0.2) is 4.79 Å². The summed E-state index contributed by atoms with van der Waals surface area (Å²) in [6.07, 6.45) is 0. The third-order valence-electron chi connectivity index (χ3n) is 4.33. The fourth-order valence-electron chi connectivity index (χ4n) is 3.41. The first-order valence-electron chi connectivity index (χ1n) is 7.55. The number of allylic oxidation sites excluding steroid dienone is 1. The van der Waals surface area contributed by atoms with Crippen LogP contribution in [0.1, 0.15) is 33.3 Å². The van der Waals surface area contributed by atoms with Crippen LogP contribution in [-0.2, 0) is 15.0 Å². The quantitative estimate of drug-likeness (QED) is 0.612. The van der Waals surface area contributed by atoms with E-state index in [1.807, 2.05) is 56.9 Å². The van der Waals surface area contributed by atoms with Crippen molar-refractivity contribution in [3.63, 3.8) is 0 Å². The van der Waals surface area contributed by atoms with Crippen LogP contribution in [0.4, 0.5) is 10.5 Å². The summed E-state index contributed by atoms with van der Waals surface area (Å²) in [4.78, 5) is 38.0. The predicted molar refractivity (Wildman–Crippen MR) is 85.8 cm³/mol. The third kappa shape index (κ3) is 2.13. The Balaban J connectivity index is 2.30. The van der Waals surface area contributed by atoms with Crippen LogP contribution in [0.3, 0.4) is 0 Å². The molecule has 2 N–H and O–H groups in total. The zero-order valence-corrected chi connectivity index (χ0v) is 13.6. The molecular weight excluding hydrogens is 294 g/mol. The minimum absolute atomic E-state index is 0.000463. The molecule has 2 aliphatic rings. The SMILES string of the molecule is CC(C)N1C(=C2C(=O)NC(=O)NC2=O)C(C)(C)c2ccccc21. The summed E-state index contributed by atoms with van der Waals surface area (Å²) in [7, 11) is 0. The van der Waals surface area contributed by atoms with E-state index in [0.29, 0.717) is 5.70 Å². The number of rotatable bonds is 1. The van der Waals surface area contributed by atoms with Crippen molar-refractivity contribution in [1.29, 1.82) is 0 Å². The molecule has 3 rings (SSSR count). The third-order valence-corrected chi connectivity index (χ3v) is 4.33. The molecule has 0 radical (unpaired) electrons. The van der Waals surface area contributed by atoms with Crippen molar-refractivity contribution in [2.75, 3.05) is 4.90 Å². The van der Waals surface area contributed by atoms with Gasteiger partial charge < -0.3 is 4.90 Å². The number of hydrogen-bond acceptors (Lipinski definition) is 4. The summed E-state index contributed by atoms with van der Waals surface area (Å²) in [5, 5.41) is 4.33. The number of anilines is 1. The molecular formula is C17H19N3O3. The Labute approximate surface area is 134 Å². The number of amides is 4. The molecule has 1 fully saturated rings. The first-order chi connectivity index (χ1) is 10.7. The lowest BCUT2D eigenvalue weighted by atomic mass is 9.81. The molecule has 4 amide bonds. The van der Waals surface area contributed by atoms with Gasteiger partial charge >= 0.3 is 6.03 Å². The molecule has 1 aromatic rings. The van der Waals surface area contributed by atoms with E-state index >= 15 is 0 Å². The maximum absolute atomic E-state index is 12.3. The number of carbonyl (C=O) groups is 3. The zero-order chi connectivity index (χ0) is 16.9. The van der Waals surface area contributed by atoms with Crippen LogP contribution in [0.5, 0.6) is 0 Å². The molecule has 0 atom stereocenters. The lowest BCUT2D eigenvalue weighted by Crippen LogP contribution is -2.53. The highest BCUT2D eigenvalue weighted by Gasteiger charge is 2.46. The smallest absolute Gasteiger partial charge is 0.328 e. The summed E-state index contributed by atoms with van der Waals surface area (Å²) >= 11 is 0. The van der Waals surface area contributed by atoms with Crippen LogP contribution in [-0.4, -0.2) is 23.9 Å². The maximum Gasteiger partial charge on any atom is 0.328 e. The molecule has 2 aliphatic heterocycles. The van der Waals surface area contributed by atoms with E-state index in [2.05, 4.69) is 10.6 Å². The predicted octanol–water partition coefficient (Wildman–Crippen LogP) is 1.81. The van der Waals surface area contributed by atoms with Crippen LogP contribution in [0.25, 0.3) is 0 Å². The van der Waals surface area contributed by atoms with Gasteiger partial charge in [-0.3, -0.25) is 20.2 Å². The van der Waals surface area contributed by atoms with Crippen molar-refractivity contribution in [2.45, 2.75) is 39.2 Å². The first-order valence-corrected chi connectivity index (χ1v) is 7.55. The van der Waals surface area contributed by atoms with Crippen molar-refractivity contribution in [2.24, 2.45) is 0 Å². The van der Waals surface area contributed by atoms with Gasteiger partial charge in [-0.05, 0) is 25.5 Å². The number of carbonyl (C=O) groups excluding carboxylic acids is 3. The minimum Gasteiger partial charge on any atom is -0.340 e. The molecule has 0 bridgehead atoms.